The fourth-order valence-electron chi connectivity index (χ4n) is 18.5. The number of benzene rings is 19. The summed E-state index contributed by atoms with van der Waals surface area (Å²) in [4.78, 5) is 14.9. The monoisotopic (exact) mass is 1540 g/mol. The van der Waals surface area contributed by atoms with Crippen molar-refractivity contribution in [2.45, 2.75) is 13.8 Å². The van der Waals surface area contributed by atoms with Crippen LogP contribution in [0.5, 0.6) is 0 Å². The molecule has 5 heterocycles. The number of pyridine rings is 2. The first-order chi connectivity index (χ1) is 59.8. The molecule has 0 fully saturated rings. The molecule has 0 aliphatic heterocycles. The van der Waals surface area contributed by atoms with Crippen molar-refractivity contribution in [3.05, 3.63) is 448 Å². The van der Waals surface area contributed by atoms with Crippen molar-refractivity contribution >= 4 is 120 Å². The van der Waals surface area contributed by atoms with Gasteiger partial charge >= 0.3 is 0 Å². The van der Waals surface area contributed by atoms with Crippen LogP contribution in [0.15, 0.2) is 437 Å². The first-order valence-electron chi connectivity index (χ1n) is 41.4. The van der Waals surface area contributed by atoms with E-state index in [9.17, 15) is 0 Å². The first-order valence-corrected chi connectivity index (χ1v) is 41.4. The molecule has 0 saturated heterocycles. The number of para-hydroxylation sites is 7. The topological polar surface area (TPSA) is 53.5 Å². The lowest BCUT2D eigenvalue weighted by Crippen LogP contribution is -1.97. The van der Waals surface area contributed by atoms with E-state index in [1.165, 1.54) is 159 Å². The van der Waals surface area contributed by atoms with E-state index in [2.05, 4.69) is 452 Å². The number of fused-ring (bicyclic) bond motifs is 14. The average molecular weight is 1540 g/mol. The summed E-state index contributed by atoms with van der Waals surface area (Å²) in [5.41, 5.74) is 30.0. The molecule has 24 rings (SSSR count). The highest BCUT2D eigenvalue weighted by molar-refractivity contribution is 6.23. The minimum absolute atomic E-state index is 0.933. The molecule has 568 valence electrons. The zero-order chi connectivity index (χ0) is 80.4. The highest BCUT2D eigenvalue weighted by atomic mass is 15.1. The van der Waals surface area contributed by atoms with Crippen LogP contribution in [-0.2, 0) is 0 Å². The Morgan fingerprint density at radius 3 is 1.00 bits per heavy atom. The van der Waals surface area contributed by atoms with Crippen LogP contribution in [0.2, 0.25) is 0 Å². The van der Waals surface area contributed by atoms with E-state index in [0.29, 0.717) is 0 Å². The van der Waals surface area contributed by atoms with Crippen LogP contribution in [0, 0.1) is 13.8 Å². The number of rotatable bonds is 10. The standard InChI is InChI=1S/C53H34N2.C36H24N2.C26H20N2/c1-2-16-44(17-3-1)55-50-21-11-10-20-49(50)54-53(55)38-26-22-37(23-27-38)41-30-31-47-48(34-41)52(43-29-25-36-13-5-7-15-40(36)33-43)46-19-9-8-18-45(46)51(47)42-28-24-35-12-4-6-14-39(35)32-42;1-5-19-33-29(15-1)30-16-2-6-20-34(30)37(33)27-13-9-11-25(23-27)26-12-10-14-28(24-26)38-35-21-7-3-17-31(35)32-18-4-8-22-36(32)38;1-17-15-23(19-9-5-3-6-10-19)21-13-14-22-24(20-11-7-4-8-12-20)16-18(2)28-26(22)25(21)27-17/h1-34H;1-24H;3-16H,1-2H3. The minimum Gasteiger partial charge on any atom is -0.309 e. The normalized spacial score (nSPS) is 11.6. The molecular formula is C115H78N6. The molecule has 0 spiro atoms. The average Bonchev–Trinajstić information content (AvgIpc) is 1.60. The third-order valence-corrected chi connectivity index (χ3v) is 24.0. The van der Waals surface area contributed by atoms with Gasteiger partial charge in [-0.3, -0.25) is 14.5 Å². The van der Waals surface area contributed by atoms with Crippen LogP contribution in [0.25, 0.3) is 215 Å². The Morgan fingerprint density at radius 2 is 0.521 bits per heavy atom. The van der Waals surface area contributed by atoms with Crippen molar-refractivity contribution in [2.24, 2.45) is 0 Å². The molecule has 0 N–H and O–H groups in total. The van der Waals surface area contributed by atoms with Gasteiger partial charge in [-0.2, -0.15) is 0 Å². The van der Waals surface area contributed by atoms with Crippen molar-refractivity contribution in [1.82, 2.24) is 28.7 Å². The van der Waals surface area contributed by atoms with E-state index < -0.39 is 0 Å². The van der Waals surface area contributed by atoms with Crippen LogP contribution in [0.1, 0.15) is 11.4 Å². The van der Waals surface area contributed by atoms with Gasteiger partial charge in [0.05, 0.1) is 44.1 Å². The van der Waals surface area contributed by atoms with Crippen LogP contribution in [-0.4, -0.2) is 28.7 Å². The van der Waals surface area contributed by atoms with Crippen molar-refractivity contribution in [3.63, 3.8) is 0 Å². The lowest BCUT2D eigenvalue weighted by molar-refractivity contribution is 1.10. The molecule has 24 aromatic rings. The van der Waals surface area contributed by atoms with E-state index in [1.54, 1.807) is 0 Å². The van der Waals surface area contributed by atoms with Gasteiger partial charge in [0, 0.05) is 66.3 Å². The van der Waals surface area contributed by atoms with Gasteiger partial charge in [0.2, 0.25) is 0 Å². The molecule has 0 unspecified atom stereocenters. The van der Waals surface area contributed by atoms with Gasteiger partial charge in [-0.1, -0.05) is 334 Å². The molecule has 0 saturated carbocycles. The fourth-order valence-corrected chi connectivity index (χ4v) is 18.5. The fraction of sp³-hybridized carbons (Fsp3) is 0.0174. The molecule has 0 amide bonds. The maximum atomic E-state index is 5.12. The number of aryl methyl sites for hydroxylation is 2. The minimum atomic E-state index is 0.933. The highest BCUT2D eigenvalue weighted by Crippen LogP contribution is 2.47. The Balaban J connectivity index is 0.000000116. The van der Waals surface area contributed by atoms with E-state index in [0.717, 1.165) is 66.9 Å². The molecule has 6 nitrogen and oxygen atoms in total. The molecule has 5 aromatic heterocycles. The van der Waals surface area contributed by atoms with Crippen molar-refractivity contribution < 1.29 is 0 Å². The Labute approximate surface area is 700 Å². The maximum Gasteiger partial charge on any atom is 0.145 e. The number of nitrogens with zero attached hydrogens (tertiary/aromatic N) is 6. The van der Waals surface area contributed by atoms with Crippen molar-refractivity contribution in [3.8, 4) is 95.2 Å². The second-order valence-corrected chi connectivity index (χ2v) is 31.4. The molecule has 0 aliphatic carbocycles. The van der Waals surface area contributed by atoms with Crippen molar-refractivity contribution in [2.75, 3.05) is 0 Å². The largest absolute Gasteiger partial charge is 0.309 e. The zero-order valence-electron chi connectivity index (χ0n) is 66.8. The predicted octanol–water partition coefficient (Wildman–Crippen LogP) is 30.6. The highest BCUT2D eigenvalue weighted by Gasteiger charge is 2.22. The Bertz CT molecular complexity index is 7790. The van der Waals surface area contributed by atoms with Gasteiger partial charge in [0.15, 0.2) is 0 Å². The Kier molecular flexibility index (Phi) is 17.9. The zero-order valence-corrected chi connectivity index (χ0v) is 66.8. The molecule has 6 heteroatoms. The van der Waals surface area contributed by atoms with Crippen molar-refractivity contribution in [1.29, 1.82) is 0 Å². The van der Waals surface area contributed by atoms with E-state index in [1.807, 2.05) is 12.1 Å². The van der Waals surface area contributed by atoms with Gasteiger partial charge in [0.1, 0.15) is 5.82 Å². The van der Waals surface area contributed by atoms with E-state index >= 15 is 0 Å². The van der Waals surface area contributed by atoms with E-state index in [-0.39, 0.29) is 0 Å². The van der Waals surface area contributed by atoms with E-state index in [4.69, 9.17) is 15.0 Å². The number of hydrogen-bond donors (Lipinski definition) is 0. The van der Waals surface area contributed by atoms with Crippen LogP contribution in [0.4, 0.5) is 0 Å². The number of aromatic nitrogens is 6. The summed E-state index contributed by atoms with van der Waals surface area (Å²) in [6.07, 6.45) is 0. The first kappa shape index (κ1) is 71.6. The predicted molar refractivity (Wildman–Crippen MR) is 511 cm³/mol. The lowest BCUT2D eigenvalue weighted by atomic mass is 9.84. The summed E-state index contributed by atoms with van der Waals surface area (Å²) in [6.45, 7) is 4.11. The van der Waals surface area contributed by atoms with Gasteiger partial charge in [-0.15, -0.1) is 0 Å². The molecular weight excluding hydrogens is 1470 g/mol. The molecule has 0 atom stereocenters. The third kappa shape index (κ3) is 12.9. The lowest BCUT2D eigenvalue weighted by Gasteiger charge is -2.19. The van der Waals surface area contributed by atoms with Crippen LogP contribution >= 0.6 is 0 Å². The van der Waals surface area contributed by atoms with Crippen LogP contribution in [0.3, 0.4) is 0 Å². The summed E-state index contributed by atoms with van der Waals surface area (Å²) in [6, 6.07) is 157. The van der Waals surface area contributed by atoms with Gasteiger partial charge < -0.3 is 9.13 Å². The SMILES string of the molecule is Cc1cc(-c2ccccc2)c2ccc3c(-c4ccccc4)cc(C)nc3c2n1.c1cc(-c2cccc(-n3c4ccccc4c4ccccc43)c2)cc(-n2c3ccccc3c3ccccc32)c1.c1ccc(-n2c(-c3ccc(-c4ccc5c(-c6ccc7ccccc7c6)c6ccccc6c(-c6ccc7ccccc7c6)c5c4)cc3)nc3ccccc32)cc1. The quantitative estimate of drug-likeness (QED) is 0.101. The summed E-state index contributed by atoms with van der Waals surface area (Å²) in [7, 11) is 0. The third-order valence-electron chi connectivity index (χ3n) is 24.0. The summed E-state index contributed by atoms with van der Waals surface area (Å²) in [5.74, 6) is 0.933. The summed E-state index contributed by atoms with van der Waals surface area (Å²) < 4.78 is 7.02. The second-order valence-electron chi connectivity index (χ2n) is 31.4. The van der Waals surface area contributed by atoms with Gasteiger partial charge in [-0.05, 0) is 227 Å². The van der Waals surface area contributed by atoms with Crippen LogP contribution < -0.4 is 0 Å². The number of imidazole rings is 1. The molecule has 0 aliphatic rings. The maximum absolute atomic E-state index is 5.12. The smallest absolute Gasteiger partial charge is 0.145 e. The number of hydrogen-bond acceptors (Lipinski definition) is 3. The summed E-state index contributed by atoms with van der Waals surface area (Å²) in [5, 5.41) is 17.4. The van der Waals surface area contributed by atoms with Gasteiger partial charge in [0.25, 0.3) is 0 Å². The molecule has 0 bridgehead atoms. The molecule has 0 radical (unpaired) electrons. The summed E-state index contributed by atoms with van der Waals surface area (Å²) >= 11 is 0. The molecule has 121 heavy (non-hydrogen) atoms. The second kappa shape index (κ2) is 30.3. The Hall–Kier alpha value is -15.9. The molecule has 19 aromatic carbocycles. The van der Waals surface area contributed by atoms with Gasteiger partial charge in [-0.25, -0.2) is 4.98 Å². The Morgan fingerprint density at radius 1 is 0.182 bits per heavy atom.